The molecular weight excluding hydrogens is 886 g/mol. The Balaban J connectivity index is 1.17. The van der Waals surface area contributed by atoms with Crippen LogP contribution in [0.4, 0.5) is 13.2 Å². The van der Waals surface area contributed by atoms with Gasteiger partial charge in [0.25, 0.3) is 0 Å². The average Bonchev–Trinajstić information content (AvgIpc) is 3.89. The van der Waals surface area contributed by atoms with Crippen LogP contribution in [0, 0.1) is 32.1 Å². The van der Waals surface area contributed by atoms with Crippen molar-refractivity contribution in [3.63, 3.8) is 0 Å². The summed E-state index contributed by atoms with van der Waals surface area (Å²) < 4.78 is 47.3. The first-order valence-corrected chi connectivity index (χ1v) is 23.3. The number of nitrogens with zero attached hydrogens (tertiary/aromatic N) is 6. The summed E-state index contributed by atoms with van der Waals surface area (Å²) in [6.45, 7) is 6.15. The van der Waals surface area contributed by atoms with Gasteiger partial charge in [-0.3, -0.25) is 0 Å². The van der Waals surface area contributed by atoms with Crippen LogP contribution in [-0.4, -0.2) is 24.1 Å². The highest BCUT2D eigenvalue weighted by Crippen LogP contribution is 2.44. The Morgan fingerprint density at radius 1 is 0.394 bits per heavy atom. The van der Waals surface area contributed by atoms with Crippen LogP contribution in [0.3, 0.4) is 0 Å². The molecule has 0 saturated carbocycles. The quantitative estimate of drug-likeness (QED) is 0.160. The van der Waals surface area contributed by atoms with Crippen LogP contribution in [0.15, 0.2) is 194 Å². The minimum atomic E-state index is -4.53. The second kappa shape index (κ2) is 16.8. The second-order valence-corrected chi connectivity index (χ2v) is 18.1. The normalized spacial score (nSPS) is 11.8. The van der Waals surface area contributed by atoms with E-state index >= 15 is 0 Å². The van der Waals surface area contributed by atoms with Crippen LogP contribution in [-0.2, 0) is 6.18 Å². The van der Waals surface area contributed by atoms with Crippen molar-refractivity contribution < 1.29 is 13.2 Å². The average molecular weight is 927 g/mol. The van der Waals surface area contributed by atoms with E-state index in [0.717, 1.165) is 89.1 Å². The Morgan fingerprint density at radius 2 is 0.817 bits per heavy atom. The summed E-state index contributed by atoms with van der Waals surface area (Å²) in [7, 11) is 0. The van der Waals surface area contributed by atoms with E-state index in [9.17, 15) is 18.4 Å². The molecule has 0 fully saturated rings. The van der Waals surface area contributed by atoms with Crippen molar-refractivity contribution in [2.24, 2.45) is 0 Å². The van der Waals surface area contributed by atoms with Gasteiger partial charge in [0.1, 0.15) is 0 Å². The fourth-order valence-corrected chi connectivity index (χ4v) is 10.1. The van der Waals surface area contributed by atoms with E-state index in [1.807, 2.05) is 115 Å². The zero-order chi connectivity index (χ0) is 48.5. The molecule has 0 spiro atoms. The van der Waals surface area contributed by atoms with E-state index in [1.165, 1.54) is 6.07 Å². The van der Waals surface area contributed by atoms with Gasteiger partial charge in [0, 0.05) is 54.9 Å². The van der Waals surface area contributed by atoms with Crippen molar-refractivity contribution >= 4 is 43.6 Å². The smallest absolute Gasteiger partial charge is 0.309 e. The number of rotatable bonds is 7. The van der Waals surface area contributed by atoms with E-state index in [0.29, 0.717) is 50.6 Å². The van der Waals surface area contributed by atoms with Gasteiger partial charge in [-0.1, -0.05) is 120 Å². The minimum Gasteiger partial charge on any atom is -0.309 e. The van der Waals surface area contributed by atoms with Crippen LogP contribution < -0.4 is 0 Å². The number of hydrogen-bond donors (Lipinski definition) is 0. The van der Waals surface area contributed by atoms with Gasteiger partial charge in [0.15, 0.2) is 17.5 Å². The zero-order valence-corrected chi connectivity index (χ0v) is 38.8. The Morgan fingerprint density at radius 3 is 1.32 bits per heavy atom. The molecule has 9 aromatic carbocycles. The molecule has 0 aliphatic rings. The van der Waals surface area contributed by atoms with E-state index in [4.69, 9.17) is 15.0 Å². The summed E-state index contributed by atoms with van der Waals surface area (Å²) in [6.07, 6.45) is -4.53. The number of hydrogen-bond acceptors (Lipinski definition) is 4. The molecule has 0 amide bonds. The molecule has 3 heterocycles. The predicted octanol–water partition coefficient (Wildman–Crippen LogP) is 16.2. The Bertz CT molecular complexity index is 4030. The molecule has 0 atom stereocenters. The van der Waals surface area contributed by atoms with Crippen LogP contribution in [0.25, 0.3) is 111 Å². The molecule has 0 bridgehead atoms. The summed E-state index contributed by atoms with van der Waals surface area (Å²) in [5.74, 6) is 1.57. The van der Waals surface area contributed by atoms with Crippen LogP contribution in [0.2, 0.25) is 0 Å². The van der Waals surface area contributed by atoms with Gasteiger partial charge >= 0.3 is 6.18 Å². The summed E-state index contributed by atoms with van der Waals surface area (Å²) in [6, 6.07) is 65.0. The first-order chi connectivity index (χ1) is 34.5. The van der Waals surface area contributed by atoms with Crippen LogP contribution in [0.1, 0.15) is 27.8 Å². The highest BCUT2D eigenvalue weighted by molar-refractivity contribution is 6.12. The summed E-state index contributed by atoms with van der Waals surface area (Å²) >= 11 is 0. The lowest BCUT2D eigenvalue weighted by Crippen LogP contribution is -2.04. The predicted molar refractivity (Wildman–Crippen MR) is 280 cm³/mol. The van der Waals surface area contributed by atoms with Gasteiger partial charge in [0.05, 0.1) is 50.6 Å². The van der Waals surface area contributed by atoms with Gasteiger partial charge in [-0.05, 0) is 117 Å². The molecule has 71 heavy (non-hydrogen) atoms. The van der Waals surface area contributed by atoms with Gasteiger partial charge in [-0.2, -0.15) is 18.4 Å². The molecule has 0 saturated heterocycles. The van der Waals surface area contributed by atoms with Gasteiger partial charge in [0.2, 0.25) is 0 Å². The number of nitriles is 1. The Kier molecular flexibility index (Phi) is 10.2. The van der Waals surface area contributed by atoms with Crippen molar-refractivity contribution in [1.29, 1.82) is 5.26 Å². The minimum absolute atomic E-state index is 0.455. The number of benzene rings is 9. The largest absolute Gasteiger partial charge is 0.416 e. The molecule has 12 rings (SSSR count). The third kappa shape index (κ3) is 7.49. The van der Waals surface area contributed by atoms with Crippen molar-refractivity contribution in [3.8, 4) is 73.9 Å². The number of halogens is 3. The van der Waals surface area contributed by atoms with E-state index in [2.05, 4.69) is 91.2 Å². The molecule has 3 aromatic heterocycles. The van der Waals surface area contributed by atoms with E-state index in [-0.39, 0.29) is 0 Å². The SMILES string of the molecule is Cc1ccc2c(c1)c1cc(C)ccc1n2-c1ccc(-c2nc(-c3ccccc3)nc(-c3ccccc3)n2)cc1-c1ccc(-n2c3ccc(C)cc3c3cc(C(F)(F)F)ccc32)c(-c2ccccc2C#N)c1. The molecule has 0 radical (unpaired) electrons. The maximum absolute atomic E-state index is 14.3. The van der Waals surface area contributed by atoms with Gasteiger partial charge in [-0.15, -0.1) is 0 Å². The summed E-state index contributed by atoms with van der Waals surface area (Å²) in [5, 5.41) is 14.1. The van der Waals surface area contributed by atoms with Crippen molar-refractivity contribution in [2.75, 3.05) is 0 Å². The van der Waals surface area contributed by atoms with Crippen molar-refractivity contribution in [2.45, 2.75) is 26.9 Å². The zero-order valence-electron chi connectivity index (χ0n) is 38.8. The Labute approximate surface area is 407 Å². The number of alkyl halides is 3. The fourth-order valence-electron chi connectivity index (χ4n) is 10.1. The maximum atomic E-state index is 14.3. The lowest BCUT2D eigenvalue weighted by Gasteiger charge is -2.20. The number of aryl methyl sites for hydroxylation is 3. The standard InChI is InChI=1S/C62H41F3N6/c1-37-18-24-54-48(30-37)49-31-38(2)19-25-55(49)70(54)53-28-22-43(61-68-59(40-12-6-4-7-13-40)67-60(69-61)41-14-8-5-9-15-41)34-47(53)42-21-27-57(51(33-42)46-17-11-10-16-44(46)36-66)71-56-26-20-39(3)32-50(56)52-35-45(62(63,64)65)23-29-58(52)71/h4-35H,1-3H3. The first kappa shape index (κ1) is 43.2. The van der Waals surface area contributed by atoms with E-state index in [1.54, 1.807) is 12.1 Å². The second-order valence-electron chi connectivity index (χ2n) is 18.1. The third-order valence-corrected chi connectivity index (χ3v) is 13.4. The molecule has 0 aliphatic heterocycles. The number of fused-ring (bicyclic) bond motifs is 6. The maximum Gasteiger partial charge on any atom is 0.416 e. The van der Waals surface area contributed by atoms with Crippen molar-refractivity contribution in [1.82, 2.24) is 24.1 Å². The lowest BCUT2D eigenvalue weighted by molar-refractivity contribution is -0.137. The molecule has 9 heteroatoms. The molecule has 0 aliphatic carbocycles. The van der Waals surface area contributed by atoms with Gasteiger partial charge < -0.3 is 9.13 Å². The number of aromatic nitrogens is 5. The summed E-state index contributed by atoms with van der Waals surface area (Å²) in [5.41, 5.74) is 13.6. The lowest BCUT2D eigenvalue weighted by atomic mass is 9.93. The molecule has 340 valence electrons. The van der Waals surface area contributed by atoms with Crippen LogP contribution in [0.5, 0.6) is 0 Å². The van der Waals surface area contributed by atoms with Crippen molar-refractivity contribution in [3.05, 3.63) is 222 Å². The fraction of sp³-hybridized carbons (Fsp3) is 0.0645. The molecule has 12 aromatic rings. The first-order valence-electron chi connectivity index (χ1n) is 23.3. The summed E-state index contributed by atoms with van der Waals surface area (Å²) in [4.78, 5) is 15.2. The third-order valence-electron chi connectivity index (χ3n) is 13.4. The topological polar surface area (TPSA) is 72.3 Å². The monoisotopic (exact) mass is 926 g/mol. The highest BCUT2D eigenvalue weighted by Gasteiger charge is 2.31. The Hall–Kier alpha value is -9.13. The molecule has 0 N–H and O–H groups in total. The van der Waals surface area contributed by atoms with E-state index < -0.39 is 11.7 Å². The van der Waals surface area contributed by atoms with Gasteiger partial charge in [-0.25, -0.2) is 15.0 Å². The van der Waals surface area contributed by atoms with Crippen LogP contribution >= 0.6 is 0 Å². The highest BCUT2D eigenvalue weighted by atomic mass is 19.4. The molecular formula is C62H41F3N6. The molecule has 0 unspecified atom stereocenters. The molecule has 6 nitrogen and oxygen atoms in total.